The smallest absolute Gasteiger partial charge is 0.218 e. The summed E-state index contributed by atoms with van der Waals surface area (Å²) >= 11 is 0. The van der Waals surface area contributed by atoms with Gasteiger partial charge in [0.05, 0.1) is 19.3 Å². The normalized spacial score (nSPS) is 12.2. The van der Waals surface area contributed by atoms with Crippen LogP contribution in [0.2, 0.25) is 0 Å². The van der Waals surface area contributed by atoms with Crippen molar-refractivity contribution in [2.75, 3.05) is 7.11 Å². The zero-order valence-corrected chi connectivity index (χ0v) is 7.33. The summed E-state index contributed by atoms with van der Waals surface area (Å²) in [6, 6.07) is 0.830. The third-order valence-corrected chi connectivity index (χ3v) is 1.65. The number of hydrogen-bond acceptors (Lipinski definition) is 3. The van der Waals surface area contributed by atoms with Gasteiger partial charge in [0.25, 0.3) is 0 Å². The van der Waals surface area contributed by atoms with E-state index >= 15 is 0 Å². The second-order valence-corrected chi connectivity index (χ2v) is 2.51. The largest absolute Gasteiger partial charge is 0.481 e. The summed E-state index contributed by atoms with van der Waals surface area (Å²) in [6.07, 6.45) is 2.58. The molecule has 0 aliphatic heterocycles. The van der Waals surface area contributed by atoms with Crippen LogP contribution in [0.4, 0.5) is 4.39 Å². The molecule has 0 radical (unpaired) electrons. The van der Waals surface area contributed by atoms with E-state index in [2.05, 4.69) is 11.6 Å². The third kappa shape index (κ3) is 2.03. The summed E-state index contributed by atoms with van der Waals surface area (Å²) in [7, 11) is 1.46. The number of pyridine rings is 1. The Bertz CT molecular complexity index is 314. The van der Waals surface area contributed by atoms with Crippen LogP contribution in [0.15, 0.2) is 24.9 Å². The average Bonchev–Trinajstić information content (AvgIpc) is 2.16. The molecule has 0 aromatic carbocycles. The SMILES string of the molecule is C=C[C@H](N)c1cc(F)cnc1OC. The van der Waals surface area contributed by atoms with Crippen molar-refractivity contribution in [3.8, 4) is 5.88 Å². The monoisotopic (exact) mass is 182 g/mol. The van der Waals surface area contributed by atoms with Crippen LogP contribution in [0, 0.1) is 5.82 Å². The highest BCUT2D eigenvalue weighted by Crippen LogP contribution is 2.22. The zero-order valence-electron chi connectivity index (χ0n) is 7.33. The van der Waals surface area contributed by atoms with E-state index in [0.29, 0.717) is 11.4 Å². The first-order chi connectivity index (χ1) is 6.19. The van der Waals surface area contributed by atoms with Crippen molar-refractivity contribution >= 4 is 0 Å². The van der Waals surface area contributed by atoms with Crippen LogP contribution in [0.5, 0.6) is 5.88 Å². The van der Waals surface area contributed by atoms with Crippen molar-refractivity contribution in [3.63, 3.8) is 0 Å². The van der Waals surface area contributed by atoms with E-state index in [-0.39, 0.29) is 0 Å². The lowest BCUT2D eigenvalue weighted by Gasteiger charge is -2.10. The molecule has 4 heteroatoms. The molecule has 0 aliphatic carbocycles. The van der Waals surface area contributed by atoms with Gasteiger partial charge in [-0.1, -0.05) is 6.08 Å². The summed E-state index contributed by atoms with van der Waals surface area (Å²) in [5, 5.41) is 0. The number of nitrogens with zero attached hydrogens (tertiary/aromatic N) is 1. The molecule has 1 rings (SSSR count). The number of methoxy groups -OCH3 is 1. The lowest BCUT2D eigenvalue weighted by Crippen LogP contribution is -2.09. The number of rotatable bonds is 3. The summed E-state index contributed by atoms with van der Waals surface area (Å²) in [5.74, 6) is -0.109. The van der Waals surface area contributed by atoms with Gasteiger partial charge in [0.2, 0.25) is 5.88 Å². The van der Waals surface area contributed by atoms with Crippen LogP contribution in [-0.4, -0.2) is 12.1 Å². The van der Waals surface area contributed by atoms with Gasteiger partial charge in [0.1, 0.15) is 5.82 Å². The number of halogens is 1. The highest BCUT2D eigenvalue weighted by Gasteiger charge is 2.10. The molecule has 0 amide bonds. The standard InChI is InChI=1S/C9H11FN2O/c1-3-8(11)7-4-6(10)5-12-9(7)13-2/h3-5,8H,1,11H2,2H3/t8-/m0/s1. The molecule has 0 bridgehead atoms. The minimum atomic E-state index is -0.460. The Morgan fingerprint density at radius 1 is 1.77 bits per heavy atom. The predicted molar refractivity (Wildman–Crippen MR) is 47.9 cm³/mol. The maximum atomic E-state index is 12.8. The molecule has 0 aliphatic rings. The summed E-state index contributed by atoms with van der Waals surface area (Å²) in [4.78, 5) is 3.74. The van der Waals surface area contributed by atoms with Crippen LogP contribution in [0.1, 0.15) is 11.6 Å². The van der Waals surface area contributed by atoms with E-state index in [1.165, 1.54) is 19.3 Å². The first kappa shape index (κ1) is 9.67. The molecular formula is C9H11FN2O. The Morgan fingerprint density at radius 3 is 3.00 bits per heavy atom. The van der Waals surface area contributed by atoms with Crippen molar-refractivity contribution in [1.29, 1.82) is 0 Å². The van der Waals surface area contributed by atoms with Gasteiger partial charge in [-0.25, -0.2) is 9.37 Å². The Labute approximate surface area is 76.0 Å². The minimum absolute atomic E-state index is 0.328. The molecule has 0 unspecified atom stereocenters. The van der Waals surface area contributed by atoms with E-state index < -0.39 is 11.9 Å². The number of aromatic nitrogens is 1. The molecule has 1 aromatic heterocycles. The van der Waals surface area contributed by atoms with Gasteiger partial charge in [0.15, 0.2) is 0 Å². The Kier molecular flexibility index (Phi) is 2.97. The fraction of sp³-hybridized carbons (Fsp3) is 0.222. The molecule has 0 spiro atoms. The molecule has 2 N–H and O–H groups in total. The average molecular weight is 182 g/mol. The Morgan fingerprint density at radius 2 is 2.46 bits per heavy atom. The van der Waals surface area contributed by atoms with E-state index in [4.69, 9.17) is 10.5 Å². The third-order valence-electron chi connectivity index (χ3n) is 1.65. The first-order valence-corrected chi connectivity index (χ1v) is 3.76. The Balaban J connectivity index is 3.14. The van der Waals surface area contributed by atoms with Crippen LogP contribution in [0.3, 0.4) is 0 Å². The molecular weight excluding hydrogens is 171 g/mol. The molecule has 0 saturated heterocycles. The highest BCUT2D eigenvalue weighted by atomic mass is 19.1. The molecule has 3 nitrogen and oxygen atoms in total. The fourth-order valence-electron chi connectivity index (χ4n) is 0.979. The lowest BCUT2D eigenvalue weighted by molar-refractivity contribution is 0.388. The molecule has 13 heavy (non-hydrogen) atoms. The molecule has 1 atom stereocenters. The van der Waals surface area contributed by atoms with Crippen LogP contribution >= 0.6 is 0 Å². The van der Waals surface area contributed by atoms with E-state index in [1.54, 1.807) is 0 Å². The first-order valence-electron chi connectivity index (χ1n) is 3.76. The summed E-state index contributed by atoms with van der Waals surface area (Å²) < 4.78 is 17.7. The maximum absolute atomic E-state index is 12.8. The van der Waals surface area contributed by atoms with E-state index in [9.17, 15) is 4.39 Å². The van der Waals surface area contributed by atoms with Gasteiger partial charge in [-0.3, -0.25) is 0 Å². The number of hydrogen-bond donors (Lipinski definition) is 1. The summed E-state index contributed by atoms with van der Waals surface area (Å²) in [5.41, 5.74) is 6.13. The van der Waals surface area contributed by atoms with Gasteiger partial charge in [-0.05, 0) is 6.07 Å². The number of ether oxygens (including phenoxy) is 1. The Hall–Kier alpha value is -1.42. The lowest BCUT2D eigenvalue weighted by atomic mass is 10.1. The van der Waals surface area contributed by atoms with Gasteiger partial charge in [-0.15, -0.1) is 6.58 Å². The van der Waals surface area contributed by atoms with Crippen LogP contribution in [-0.2, 0) is 0 Å². The van der Waals surface area contributed by atoms with Crippen molar-refractivity contribution in [2.45, 2.75) is 6.04 Å². The fourth-order valence-corrected chi connectivity index (χ4v) is 0.979. The second-order valence-electron chi connectivity index (χ2n) is 2.51. The topological polar surface area (TPSA) is 48.1 Å². The molecule has 70 valence electrons. The van der Waals surface area contributed by atoms with E-state index in [0.717, 1.165) is 6.20 Å². The molecule has 0 saturated carbocycles. The van der Waals surface area contributed by atoms with Crippen LogP contribution < -0.4 is 10.5 Å². The van der Waals surface area contributed by atoms with Crippen molar-refractivity contribution in [1.82, 2.24) is 4.98 Å². The predicted octanol–water partition coefficient (Wildman–Crippen LogP) is 1.42. The zero-order chi connectivity index (χ0) is 9.84. The minimum Gasteiger partial charge on any atom is -0.481 e. The maximum Gasteiger partial charge on any atom is 0.218 e. The van der Waals surface area contributed by atoms with Crippen molar-refractivity contribution < 1.29 is 9.13 Å². The highest BCUT2D eigenvalue weighted by molar-refractivity contribution is 5.31. The van der Waals surface area contributed by atoms with Crippen molar-refractivity contribution in [3.05, 3.63) is 36.3 Å². The van der Waals surface area contributed by atoms with Gasteiger partial charge >= 0.3 is 0 Å². The second kappa shape index (κ2) is 4.00. The van der Waals surface area contributed by atoms with Crippen LogP contribution in [0.25, 0.3) is 0 Å². The summed E-state index contributed by atoms with van der Waals surface area (Å²) in [6.45, 7) is 3.51. The number of nitrogens with two attached hydrogens (primary N) is 1. The molecule has 1 heterocycles. The van der Waals surface area contributed by atoms with Gasteiger partial charge < -0.3 is 10.5 Å². The van der Waals surface area contributed by atoms with Gasteiger partial charge in [-0.2, -0.15) is 0 Å². The van der Waals surface area contributed by atoms with Crippen molar-refractivity contribution in [2.24, 2.45) is 5.73 Å². The van der Waals surface area contributed by atoms with Gasteiger partial charge in [0, 0.05) is 5.56 Å². The molecule has 0 fully saturated rings. The quantitative estimate of drug-likeness (QED) is 0.719. The van der Waals surface area contributed by atoms with E-state index in [1.807, 2.05) is 0 Å². The molecule has 1 aromatic rings.